The highest BCUT2D eigenvalue weighted by Gasteiger charge is 2.11. The quantitative estimate of drug-likeness (QED) is 0.815. The van der Waals surface area contributed by atoms with Crippen LogP contribution >= 0.6 is 11.6 Å². The largest absolute Gasteiger partial charge is 0.495 e. The highest BCUT2D eigenvalue weighted by molar-refractivity contribution is 6.32. The summed E-state index contributed by atoms with van der Waals surface area (Å²) < 4.78 is 5.02. The van der Waals surface area contributed by atoms with Crippen molar-refractivity contribution in [1.82, 2.24) is 0 Å². The van der Waals surface area contributed by atoms with E-state index >= 15 is 0 Å². The molecule has 2 aromatic carbocycles. The van der Waals surface area contributed by atoms with Crippen molar-refractivity contribution in [3.05, 3.63) is 53.1 Å². The van der Waals surface area contributed by atoms with Crippen LogP contribution in [0.4, 0.5) is 11.4 Å². The van der Waals surface area contributed by atoms with E-state index in [0.29, 0.717) is 27.7 Å². The second-order valence-electron chi connectivity index (χ2n) is 4.82. The molecule has 0 bridgehead atoms. The average Bonchev–Trinajstić information content (AvgIpc) is 2.55. The van der Waals surface area contributed by atoms with Crippen LogP contribution in [0.5, 0.6) is 5.75 Å². The summed E-state index contributed by atoms with van der Waals surface area (Å²) in [5, 5.41) is 14.3. The van der Waals surface area contributed by atoms with Gasteiger partial charge in [-0.25, -0.2) is 0 Å². The molecule has 0 heterocycles. The van der Waals surface area contributed by atoms with Crippen LogP contribution in [0, 0.1) is 11.3 Å². The van der Waals surface area contributed by atoms with Crippen molar-refractivity contribution in [2.75, 3.05) is 17.7 Å². The molecule has 0 saturated heterocycles. The number of hydrogen-bond acceptors (Lipinski definition) is 4. The van der Waals surface area contributed by atoms with E-state index in [-0.39, 0.29) is 6.42 Å². The number of ether oxygens (including phenoxy) is 1. The standard InChI is InChI=1S/C17H14ClN3O3/c1-24-15-6-5-13(8-14(15)18)21-17(23)9-16(22)20-12-4-2-3-11(7-12)10-19/h2-8H,9H2,1H3,(H,20,22)(H,21,23). The summed E-state index contributed by atoms with van der Waals surface area (Å²) in [6.45, 7) is 0. The summed E-state index contributed by atoms with van der Waals surface area (Å²) in [7, 11) is 1.49. The third-order valence-electron chi connectivity index (χ3n) is 3.03. The van der Waals surface area contributed by atoms with E-state index in [2.05, 4.69) is 10.6 Å². The van der Waals surface area contributed by atoms with E-state index in [4.69, 9.17) is 21.6 Å². The number of benzene rings is 2. The molecule has 0 fully saturated rings. The van der Waals surface area contributed by atoms with E-state index in [0.717, 1.165) is 0 Å². The number of nitrogens with zero attached hydrogens (tertiary/aromatic N) is 1. The minimum absolute atomic E-state index is 0.355. The zero-order valence-corrected chi connectivity index (χ0v) is 13.6. The molecule has 24 heavy (non-hydrogen) atoms. The van der Waals surface area contributed by atoms with Crippen LogP contribution < -0.4 is 15.4 Å². The summed E-state index contributed by atoms with van der Waals surface area (Å²) in [5.41, 5.74) is 1.34. The number of anilines is 2. The van der Waals surface area contributed by atoms with Crippen molar-refractivity contribution in [3.8, 4) is 11.8 Å². The van der Waals surface area contributed by atoms with Crippen molar-refractivity contribution in [3.63, 3.8) is 0 Å². The molecule has 0 aliphatic carbocycles. The Balaban J connectivity index is 1.93. The maximum absolute atomic E-state index is 11.9. The lowest BCUT2D eigenvalue weighted by Crippen LogP contribution is -2.21. The number of nitrogens with one attached hydrogen (secondary N) is 2. The average molecular weight is 344 g/mol. The molecule has 7 heteroatoms. The van der Waals surface area contributed by atoms with Crippen molar-refractivity contribution in [1.29, 1.82) is 5.26 Å². The maximum atomic E-state index is 11.9. The van der Waals surface area contributed by atoms with Crippen LogP contribution in [-0.2, 0) is 9.59 Å². The van der Waals surface area contributed by atoms with Crippen LogP contribution in [0.3, 0.4) is 0 Å². The normalized spacial score (nSPS) is 9.71. The summed E-state index contributed by atoms with van der Waals surface area (Å²) in [4.78, 5) is 23.8. The zero-order chi connectivity index (χ0) is 17.5. The van der Waals surface area contributed by atoms with Gasteiger partial charge in [-0.1, -0.05) is 17.7 Å². The Morgan fingerprint density at radius 1 is 1.12 bits per heavy atom. The third kappa shape index (κ3) is 4.73. The fraction of sp³-hybridized carbons (Fsp3) is 0.118. The number of carbonyl (C=O) groups is 2. The second kappa shape index (κ2) is 7.99. The minimum Gasteiger partial charge on any atom is -0.495 e. The first-order valence-corrected chi connectivity index (χ1v) is 7.33. The molecule has 0 radical (unpaired) electrons. The summed E-state index contributed by atoms with van der Waals surface area (Å²) in [6, 6.07) is 13.2. The summed E-state index contributed by atoms with van der Waals surface area (Å²) in [5.74, 6) is -0.475. The van der Waals surface area contributed by atoms with E-state index in [1.165, 1.54) is 19.2 Å². The van der Waals surface area contributed by atoms with Gasteiger partial charge in [0.25, 0.3) is 0 Å². The first kappa shape index (κ1) is 17.3. The predicted octanol–water partition coefficient (Wildman–Crippen LogP) is 3.19. The van der Waals surface area contributed by atoms with Gasteiger partial charge in [0.1, 0.15) is 12.2 Å². The summed E-state index contributed by atoms with van der Waals surface area (Å²) >= 11 is 5.97. The van der Waals surface area contributed by atoms with Crippen molar-refractivity contribution in [2.24, 2.45) is 0 Å². The molecule has 0 aromatic heterocycles. The highest BCUT2D eigenvalue weighted by atomic mass is 35.5. The third-order valence-corrected chi connectivity index (χ3v) is 3.33. The lowest BCUT2D eigenvalue weighted by atomic mass is 10.2. The van der Waals surface area contributed by atoms with Gasteiger partial charge in [0.2, 0.25) is 11.8 Å². The van der Waals surface area contributed by atoms with Gasteiger partial charge in [-0.05, 0) is 36.4 Å². The Kier molecular flexibility index (Phi) is 5.77. The molecule has 2 N–H and O–H groups in total. The Morgan fingerprint density at radius 2 is 1.79 bits per heavy atom. The molecule has 2 rings (SSSR count). The molecule has 2 aromatic rings. The summed E-state index contributed by atoms with van der Waals surface area (Å²) in [6.07, 6.45) is -0.361. The Labute approximate surface area is 144 Å². The van der Waals surface area contributed by atoms with Gasteiger partial charge in [0.05, 0.1) is 23.8 Å². The van der Waals surface area contributed by atoms with Crippen LogP contribution in [0.25, 0.3) is 0 Å². The SMILES string of the molecule is COc1ccc(NC(=O)CC(=O)Nc2cccc(C#N)c2)cc1Cl. The van der Waals surface area contributed by atoms with Gasteiger partial charge in [0.15, 0.2) is 0 Å². The lowest BCUT2D eigenvalue weighted by molar-refractivity contribution is -0.123. The molecule has 0 spiro atoms. The van der Waals surface area contributed by atoms with E-state index in [9.17, 15) is 9.59 Å². The molecule has 6 nitrogen and oxygen atoms in total. The van der Waals surface area contributed by atoms with E-state index in [1.54, 1.807) is 30.3 Å². The molecular weight excluding hydrogens is 330 g/mol. The van der Waals surface area contributed by atoms with Gasteiger partial charge in [-0.3, -0.25) is 9.59 Å². The molecule has 2 amide bonds. The number of rotatable bonds is 5. The Morgan fingerprint density at radius 3 is 2.38 bits per heavy atom. The molecule has 0 atom stereocenters. The zero-order valence-electron chi connectivity index (χ0n) is 12.8. The lowest BCUT2D eigenvalue weighted by Gasteiger charge is -2.08. The minimum atomic E-state index is -0.484. The smallest absolute Gasteiger partial charge is 0.233 e. The fourth-order valence-electron chi connectivity index (χ4n) is 1.97. The number of halogens is 1. The maximum Gasteiger partial charge on any atom is 0.233 e. The van der Waals surface area contributed by atoms with E-state index in [1.807, 2.05) is 6.07 Å². The number of hydrogen-bond donors (Lipinski definition) is 2. The van der Waals surface area contributed by atoms with Crippen molar-refractivity contribution in [2.45, 2.75) is 6.42 Å². The van der Waals surface area contributed by atoms with Crippen LogP contribution in [0.15, 0.2) is 42.5 Å². The number of carbonyl (C=O) groups excluding carboxylic acids is 2. The number of methoxy groups -OCH3 is 1. The topological polar surface area (TPSA) is 91.2 Å². The van der Waals surface area contributed by atoms with Gasteiger partial charge < -0.3 is 15.4 Å². The van der Waals surface area contributed by atoms with Crippen LogP contribution in [-0.4, -0.2) is 18.9 Å². The van der Waals surface area contributed by atoms with E-state index < -0.39 is 11.8 Å². The molecule has 0 unspecified atom stereocenters. The fourth-order valence-corrected chi connectivity index (χ4v) is 2.22. The molecule has 0 aliphatic heterocycles. The van der Waals surface area contributed by atoms with Gasteiger partial charge in [-0.15, -0.1) is 0 Å². The Bertz CT molecular complexity index is 815. The predicted molar refractivity (Wildman–Crippen MR) is 91.0 cm³/mol. The van der Waals surface area contributed by atoms with Crippen LogP contribution in [0.1, 0.15) is 12.0 Å². The number of amides is 2. The van der Waals surface area contributed by atoms with Gasteiger partial charge >= 0.3 is 0 Å². The number of nitriles is 1. The second-order valence-corrected chi connectivity index (χ2v) is 5.22. The van der Waals surface area contributed by atoms with Gasteiger partial charge in [0, 0.05) is 11.4 Å². The molecular formula is C17H14ClN3O3. The van der Waals surface area contributed by atoms with Crippen LogP contribution in [0.2, 0.25) is 5.02 Å². The Hall–Kier alpha value is -3.04. The first-order chi connectivity index (χ1) is 11.5. The van der Waals surface area contributed by atoms with Gasteiger partial charge in [-0.2, -0.15) is 5.26 Å². The molecule has 0 saturated carbocycles. The molecule has 122 valence electrons. The highest BCUT2D eigenvalue weighted by Crippen LogP contribution is 2.27. The molecule has 0 aliphatic rings. The van der Waals surface area contributed by atoms with Crippen molar-refractivity contribution >= 4 is 34.8 Å². The first-order valence-electron chi connectivity index (χ1n) is 6.95. The van der Waals surface area contributed by atoms with Crippen molar-refractivity contribution < 1.29 is 14.3 Å². The monoisotopic (exact) mass is 343 g/mol.